The predicted octanol–water partition coefficient (Wildman–Crippen LogP) is 6.03. The monoisotopic (exact) mass is 450 g/mol. The average Bonchev–Trinajstić information content (AvgIpc) is 3.28. The molecular formula is C29H30N4O. The number of aromatic nitrogens is 4. The van der Waals surface area contributed by atoms with Gasteiger partial charge >= 0.3 is 0 Å². The SMILES string of the molecule is Cc1cccc(C)c1-c1cccc(COc2ccc3c(c2)CC2(CC2)C3Cc2nn[nH]n2)c1C. The summed E-state index contributed by atoms with van der Waals surface area (Å²) in [6, 6.07) is 19.7. The van der Waals surface area contributed by atoms with Gasteiger partial charge in [0, 0.05) is 6.42 Å². The Kier molecular flexibility index (Phi) is 5.01. The van der Waals surface area contributed by atoms with Crippen molar-refractivity contribution < 1.29 is 4.74 Å². The second-order valence-corrected chi connectivity index (χ2v) is 10.1. The first-order valence-corrected chi connectivity index (χ1v) is 12.2. The highest BCUT2D eigenvalue weighted by Gasteiger charge is 2.54. The zero-order valence-corrected chi connectivity index (χ0v) is 20.1. The highest BCUT2D eigenvalue weighted by atomic mass is 16.5. The molecule has 1 spiro atoms. The summed E-state index contributed by atoms with van der Waals surface area (Å²) in [6.07, 6.45) is 4.55. The molecule has 34 heavy (non-hydrogen) atoms. The van der Waals surface area contributed by atoms with Gasteiger partial charge < -0.3 is 4.74 Å². The molecule has 1 aromatic heterocycles. The van der Waals surface area contributed by atoms with Crippen LogP contribution in [0.1, 0.15) is 58.0 Å². The molecule has 2 aliphatic carbocycles. The van der Waals surface area contributed by atoms with E-state index < -0.39 is 0 Å². The van der Waals surface area contributed by atoms with E-state index in [4.69, 9.17) is 4.74 Å². The second kappa shape index (κ2) is 8.08. The lowest BCUT2D eigenvalue weighted by Crippen LogP contribution is -2.12. The molecule has 0 amide bonds. The number of nitrogens with one attached hydrogen (secondary N) is 1. The largest absolute Gasteiger partial charge is 0.489 e. The molecule has 6 rings (SSSR count). The fourth-order valence-corrected chi connectivity index (χ4v) is 5.97. The summed E-state index contributed by atoms with van der Waals surface area (Å²) in [4.78, 5) is 0. The van der Waals surface area contributed by atoms with E-state index >= 15 is 0 Å². The Hall–Kier alpha value is -3.47. The number of hydrogen-bond acceptors (Lipinski definition) is 4. The summed E-state index contributed by atoms with van der Waals surface area (Å²) in [7, 11) is 0. The van der Waals surface area contributed by atoms with Gasteiger partial charge in [-0.15, -0.1) is 10.2 Å². The maximum Gasteiger partial charge on any atom is 0.175 e. The molecule has 5 heteroatoms. The Balaban J connectivity index is 1.23. The minimum absolute atomic E-state index is 0.387. The standard InChI is InChI=1S/C29H30N4O/c1-18-6-4-7-19(2)28(18)24-9-5-8-21(20(24)3)17-34-23-10-11-25-22(14-23)16-29(12-13-29)26(25)15-27-30-32-33-31-27/h4-11,14,26H,12-13,15-17H2,1-3H3,(H,30,31,32,33). The molecule has 172 valence electrons. The van der Waals surface area contributed by atoms with E-state index in [1.807, 2.05) is 0 Å². The summed E-state index contributed by atoms with van der Waals surface area (Å²) in [5.41, 5.74) is 11.0. The minimum Gasteiger partial charge on any atom is -0.489 e. The van der Waals surface area contributed by atoms with Gasteiger partial charge in [0.2, 0.25) is 0 Å². The zero-order chi connectivity index (χ0) is 23.3. The summed E-state index contributed by atoms with van der Waals surface area (Å²) in [5, 5.41) is 14.7. The van der Waals surface area contributed by atoms with Crippen LogP contribution in [-0.4, -0.2) is 20.6 Å². The molecule has 0 aliphatic heterocycles. The number of aryl methyl sites for hydroxylation is 2. The van der Waals surface area contributed by atoms with E-state index in [-0.39, 0.29) is 0 Å². The molecule has 1 N–H and O–H groups in total. The van der Waals surface area contributed by atoms with Crippen LogP contribution >= 0.6 is 0 Å². The third-order valence-electron chi connectivity index (χ3n) is 8.03. The van der Waals surface area contributed by atoms with Crippen LogP contribution in [0.15, 0.2) is 54.6 Å². The molecular weight excluding hydrogens is 420 g/mol. The Morgan fingerprint density at radius 2 is 1.79 bits per heavy atom. The van der Waals surface area contributed by atoms with Gasteiger partial charge in [0.15, 0.2) is 5.82 Å². The third kappa shape index (κ3) is 3.60. The Labute approximate surface area is 200 Å². The van der Waals surface area contributed by atoms with E-state index in [1.165, 1.54) is 57.3 Å². The van der Waals surface area contributed by atoms with Crippen LogP contribution in [0, 0.1) is 26.2 Å². The van der Waals surface area contributed by atoms with E-state index in [0.29, 0.717) is 17.9 Å². The van der Waals surface area contributed by atoms with Gasteiger partial charge in [0.1, 0.15) is 12.4 Å². The molecule has 2 aliphatic rings. The van der Waals surface area contributed by atoms with Crippen molar-refractivity contribution in [1.82, 2.24) is 20.6 Å². The molecule has 1 fully saturated rings. The van der Waals surface area contributed by atoms with E-state index in [2.05, 4.69) is 96.0 Å². The van der Waals surface area contributed by atoms with Crippen molar-refractivity contribution >= 4 is 0 Å². The number of benzene rings is 3. The van der Waals surface area contributed by atoms with Crippen LogP contribution in [0.4, 0.5) is 0 Å². The lowest BCUT2D eigenvalue weighted by atomic mass is 9.86. The van der Waals surface area contributed by atoms with E-state index in [9.17, 15) is 0 Å². The molecule has 0 bridgehead atoms. The Morgan fingerprint density at radius 3 is 2.53 bits per heavy atom. The van der Waals surface area contributed by atoms with Crippen LogP contribution in [0.5, 0.6) is 5.75 Å². The number of ether oxygens (including phenoxy) is 1. The lowest BCUT2D eigenvalue weighted by molar-refractivity contribution is 0.305. The van der Waals surface area contributed by atoms with Crippen molar-refractivity contribution in [2.75, 3.05) is 0 Å². The highest BCUT2D eigenvalue weighted by Crippen LogP contribution is 2.64. The van der Waals surface area contributed by atoms with E-state index in [1.54, 1.807) is 0 Å². The smallest absolute Gasteiger partial charge is 0.175 e. The first-order chi connectivity index (χ1) is 16.5. The van der Waals surface area contributed by atoms with Crippen molar-refractivity contribution in [2.24, 2.45) is 5.41 Å². The highest BCUT2D eigenvalue weighted by molar-refractivity contribution is 5.74. The lowest BCUT2D eigenvalue weighted by Gasteiger charge is -2.18. The predicted molar refractivity (Wildman–Crippen MR) is 133 cm³/mol. The minimum atomic E-state index is 0.387. The Bertz CT molecular complexity index is 1330. The molecule has 1 unspecified atom stereocenters. The number of rotatable bonds is 6. The van der Waals surface area contributed by atoms with Gasteiger partial charge in [-0.3, -0.25) is 0 Å². The summed E-state index contributed by atoms with van der Waals surface area (Å²) >= 11 is 0. The maximum atomic E-state index is 6.34. The topological polar surface area (TPSA) is 63.7 Å². The van der Waals surface area contributed by atoms with Crippen molar-refractivity contribution in [3.05, 3.63) is 93.8 Å². The van der Waals surface area contributed by atoms with Crippen LogP contribution in [0.3, 0.4) is 0 Å². The molecule has 4 aromatic rings. The van der Waals surface area contributed by atoms with Gasteiger partial charge in [0.05, 0.1) is 0 Å². The van der Waals surface area contributed by atoms with Gasteiger partial charge in [-0.1, -0.05) is 47.7 Å². The summed E-state index contributed by atoms with van der Waals surface area (Å²) in [5.74, 6) is 2.24. The number of tetrazole rings is 1. The fourth-order valence-electron chi connectivity index (χ4n) is 5.97. The van der Waals surface area contributed by atoms with Crippen LogP contribution < -0.4 is 4.74 Å². The van der Waals surface area contributed by atoms with Crippen molar-refractivity contribution in [1.29, 1.82) is 0 Å². The van der Waals surface area contributed by atoms with Crippen molar-refractivity contribution in [3.8, 4) is 16.9 Å². The summed E-state index contributed by atoms with van der Waals surface area (Å²) < 4.78 is 6.34. The molecule has 1 saturated carbocycles. The molecule has 1 atom stereocenters. The molecule has 3 aromatic carbocycles. The van der Waals surface area contributed by atoms with Crippen LogP contribution in [-0.2, 0) is 19.4 Å². The maximum absolute atomic E-state index is 6.34. The molecule has 0 saturated heterocycles. The first-order valence-electron chi connectivity index (χ1n) is 12.2. The van der Waals surface area contributed by atoms with Crippen molar-refractivity contribution in [2.45, 2.75) is 59.0 Å². The number of hydrogen-bond donors (Lipinski definition) is 1. The zero-order valence-electron chi connectivity index (χ0n) is 20.1. The number of fused-ring (bicyclic) bond motifs is 1. The third-order valence-corrected chi connectivity index (χ3v) is 8.03. The van der Waals surface area contributed by atoms with Gasteiger partial charge in [0.25, 0.3) is 0 Å². The molecule has 0 radical (unpaired) electrons. The normalized spacial score (nSPS) is 17.7. The van der Waals surface area contributed by atoms with E-state index in [0.717, 1.165) is 24.4 Å². The van der Waals surface area contributed by atoms with Gasteiger partial charge in [-0.2, -0.15) is 5.21 Å². The molecule has 5 nitrogen and oxygen atoms in total. The molecule has 1 heterocycles. The number of nitrogens with zero attached hydrogens (tertiary/aromatic N) is 3. The fraction of sp³-hybridized carbons (Fsp3) is 0.345. The average molecular weight is 451 g/mol. The van der Waals surface area contributed by atoms with Crippen LogP contribution in [0.2, 0.25) is 0 Å². The number of H-pyrrole nitrogens is 1. The van der Waals surface area contributed by atoms with Crippen LogP contribution in [0.25, 0.3) is 11.1 Å². The summed E-state index contributed by atoms with van der Waals surface area (Å²) in [6.45, 7) is 7.16. The Morgan fingerprint density at radius 1 is 1.00 bits per heavy atom. The number of aromatic amines is 1. The van der Waals surface area contributed by atoms with Crippen molar-refractivity contribution in [3.63, 3.8) is 0 Å². The quantitative estimate of drug-likeness (QED) is 0.389. The first kappa shape index (κ1) is 21.1. The second-order valence-electron chi connectivity index (χ2n) is 10.1. The van der Waals surface area contributed by atoms with Gasteiger partial charge in [-0.05, 0) is 108 Å². The van der Waals surface area contributed by atoms with Gasteiger partial charge in [-0.25, -0.2) is 0 Å².